The minimum atomic E-state index is -0.206. The van der Waals surface area contributed by atoms with Crippen molar-refractivity contribution in [2.24, 2.45) is 5.92 Å². The number of fused-ring (bicyclic) bond motifs is 1. The summed E-state index contributed by atoms with van der Waals surface area (Å²) in [6.07, 6.45) is 4.07. The Morgan fingerprint density at radius 2 is 2.00 bits per heavy atom. The molecule has 5 heteroatoms. The molecule has 0 N–H and O–H groups in total. The predicted molar refractivity (Wildman–Crippen MR) is 104 cm³/mol. The number of hydrogen-bond donors (Lipinski definition) is 0. The fourth-order valence-electron chi connectivity index (χ4n) is 4.89. The fourth-order valence-corrected chi connectivity index (χ4v) is 4.89. The van der Waals surface area contributed by atoms with Gasteiger partial charge >= 0.3 is 0 Å². The van der Waals surface area contributed by atoms with Crippen LogP contribution < -0.4 is 4.90 Å². The predicted octanol–water partition coefficient (Wildman–Crippen LogP) is 3.67. The molecule has 4 rings (SSSR count). The molecule has 27 heavy (non-hydrogen) atoms. The van der Waals surface area contributed by atoms with Crippen LogP contribution in [0.4, 0.5) is 10.1 Å². The highest BCUT2D eigenvalue weighted by Crippen LogP contribution is 2.44. The maximum Gasteiger partial charge on any atom is 0.228 e. The maximum atomic E-state index is 13.4. The van der Waals surface area contributed by atoms with E-state index in [4.69, 9.17) is 0 Å². The Kier molecular flexibility index (Phi) is 4.62. The maximum absolute atomic E-state index is 13.4. The smallest absolute Gasteiger partial charge is 0.228 e. The molecule has 1 aromatic carbocycles. The molecule has 2 saturated heterocycles. The van der Waals surface area contributed by atoms with Crippen molar-refractivity contribution in [3.8, 4) is 0 Å². The van der Waals surface area contributed by atoms with Crippen molar-refractivity contribution in [3.05, 3.63) is 60.2 Å². The second-order valence-electron chi connectivity index (χ2n) is 8.32. The van der Waals surface area contributed by atoms with Crippen molar-refractivity contribution < 1.29 is 9.18 Å². The van der Waals surface area contributed by atoms with E-state index in [9.17, 15) is 9.18 Å². The first-order chi connectivity index (χ1) is 12.9. The third-order valence-electron chi connectivity index (χ3n) is 5.96. The fraction of sp³-hybridized carbons (Fsp3) is 0.455. The van der Waals surface area contributed by atoms with Crippen LogP contribution in [0.1, 0.15) is 32.4 Å². The van der Waals surface area contributed by atoms with E-state index in [1.54, 1.807) is 6.20 Å². The molecule has 1 aromatic heterocycles. The van der Waals surface area contributed by atoms with Gasteiger partial charge in [-0.15, -0.1) is 0 Å². The number of anilines is 1. The Balaban J connectivity index is 1.48. The zero-order valence-corrected chi connectivity index (χ0v) is 15.9. The van der Waals surface area contributed by atoms with Gasteiger partial charge in [0.15, 0.2) is 0 Å². The van der Waals surface area contributed by atoms with E-state index >= 15 is 0 Å². The van der Waals surface area contributed by atoms with Gasteiger partial charge in [0.1, 0.15) is 5.82 Å². The number of benzene rings is 1. The molecule has 0 aliphatic carbocycles. The molecule has 1 amide bonds. The molecule has 2 aromatic rings. The van der Waals surface area contributed by atoms with Gasteiger partial charge in [-0.1, -0.05) is 6.07 Å². The van der Waals surface area contributed by atoms with Gasteiger partial charge in [-0.25, -0.2) is 4.39 Å². The van der Waals surface area contributed by atoms with Gasteiger partial charge < -0.3 is 9.80 Å². The van der Waals surface area contributed by atoms with Crippen molar-refractivity contribution in [1.82, 2.24) is 9.88 Å². The average Bonchev–Trinajstić information content (AvgIpc) is 2.92. The van der Waals surface area contributed by atoms with Gasteiger partial charge in [0.2, 0.25) is 5.91 Å². The molecule has 2 aliphatic heterocycles. The highest BCUT2D eigenvalue weighted by Gasteiger charge is 2.48. The summed E-state index contributed by atoms with van der Waals surface area (Å²) in [5.74, 6) is 0.388. The summed E-state index contributed by atoms with van der Waals surface area (Å²) < 4.78 is 13.4. The Bertz CT molecular complexity index is 806. The second-order valence-corrected chi connectivity index (χ2v) is 8.32. The number of halogens is 1. The van der Waals surface area contributed by atoms with E-state index in [-0.39, 0.29) is 17.3 Å². The van der Waals surface area contributed by atoms with Crippen molar-refractivity contribution in [3.63, 3.8) is 0 Å². The van der Waals surface area contributed by atoms with Crippen molar-refractivity contribution in [2.45, 2.75) is 44.7 Å². The van der Waals surface area contributed by atoms with Gasteiger partial charge in [0, 0.05) is 42.2 Å². The molecule has 0 unspecified atom stereocenters. The summed E-state index contributed by atoms with van der Waals surface area (Å²) in [6.45, 7) is 6.04. The number of carbonyl (C=O) groups excluding carboxylic acids is 1. The van der Waals surface area contributed by atoms with Crippen LogP contribution in [-0.2, 0) is 11.2 Å². The van der Waals surface area contributed by atoms with Crippen molar-refractivity contribution in [2.75, 3.05) is 18.0 Å². The Labute approximate surface area is 160 Å². The molecule has 142 valence electrons. The largest absolute Gasteiger partial charge is 0.363 e. The SMILES string of the molecule is CC1(C)C[C@@H]2CN(C(=O)Cc3ccccn3)CC[C@@H]2N1c1ccc(F)cc1. The first-order valence-corrected chi connectivity index (χ1v) is 9.67. The van der Waals surface area contributed by atoms with Crippen LogP contribution in [0.2, 0.25) is 0 Å². The summed E-state index contributed by atoms with van der Waals surface area (Å²) in [7, 11) is 0. The normalized spacial score (nSPS) is 24.0. The zero-order valence-electron chi connectivity index (χ0n) is 15.9. The summed E-state index contributed by atoms with van der Waals surface area (Å²) in [4.78, 5) is 21.5. The molecule has 0 bridgehead atoms. The molecule has 2 aliphatic rings. The van der Waals surface area contributed by atoms with E-state index < -0.39 is 0 Å². The van der Waals surface area contributed by atoms with Crippen LogP contribution in [0.25, 0.3) is 0 Å². The van der Waals surface area contributed by atoms with Gasteiger partial charge in [-0.3, -0.25) is 9.78 Å². The molecule has 0 spiro atoms. The third kappa shape index (κ3) is 3.55. The molecule has 2 fully saturated rings. The van der Waals surface area contributed by atoms with Crippen LogP contribution >= 0.6 is 0 Å². The lowest BCUT2D eigenvalue weighted by molar-refractivity contribution is -0.132. The monoisotopic (exact) mass is 367 g/mol. The summed E-state index contributed by atoms with van der Waals surface area (Å²) in [5.41, 5.74) is 1.89. The number of pyridine rings is 1. The van der Waals surface area contributed by atoms with Crippen LogP contribution in [0.5, 0.6) is 0 Å². The summed E-state index contributed by atoms with van der Waals surface area (Å²) in [5, 5.41) is 0. The number of aromatic nitrogens is 1. The second kappa shape index (κ2) is 6.95. The number of nitrogens with zero attached hydrogens (tertiary/aromatic N) is 3. The third-order valence-corrected chi connectivity index (χ3v) is 5.96. The van der Waals surface area contributed by atoms with Gasteiger partial charge in [0.25, 0.3) is 0 Å². The van der Waals surface area contributed by atoms with E-state index in [1.165, 1.54) is 12.1 Å². The Morgan fingerprint density at radius 1 is 1.22 bits per heavy atom. The lowest BCUT2D eigenvalue weighted by Gasteiger charge is -2.42. The molecule has 2 atom stereocenters. The first kappa shape index (κ1) is 18.0. The van der Waals surface area contributed by atoms with E-state index in [0.29, 0.717) is 18.4 Å². The number of piperidine rings is 1. The summed E-state index contributed by atoms with van der Waals surface area (Å²) >= 11 is 0. The quantitative estimate of drug-likeness (QED) is 0.831. The molecular weight excluding hydrogens is 341 g/mol. The highest BCUT2D eigenvalue weighted by molar-refractivity contribution is 5.78. The average molecular weight is 367 g/mol. The lowest BCUT2D eigenvalue weighted by atomic mass is 9.89. The molecular formula is C22H26FN3O. The molecule has 4 nitrogen and oxygen atoms in total. The minimum Gasteiger partial charge on any atom is -0.363 e. The van der Waals surface area contributed by atoms with Crippen LogP contribution in [0.3, 0.4) is 0 Å². The van der Waals surface area contributed by atoms with Gasteiger partial charge in [-0.2, -0.15) is 0 Å². The molecule has 0 saturated carbocycles. The number of hydrogen-bond acceptors (Lipinski definition) is 3. The van der Waals surface area contributed by atoms with Crippen LogP contribution in [0.15, 0.2) is 48.7 Å². The molecule has 0 radical (unpaired) electrons. The van der Waals surface area contributed by atoms with Crippen LogP contribution in [-0.4, -0.2) is 40.5 Å². The Morgan fingerprint density at radius 3 is 2.70 bits per heavy atom. The first-order valence-electron chi connectivity index (χ1n) is 9.67. The zero-order chi connectivity index (χ0) is 19.0. The number of amides is 1. The highest BCUT2D eigenvalue weighted by atomic mass is 19.1. The molecule has 3 heterocycles. The Hall–Kier alpha value is -2.43. The van der Waals surface area contributed by atoms with Gasteiger partial charge in [-0.05, 0) is 69.0 Å². The van der Waals surface area contributed by atoms with E-state index in [2.05, 4.69) is 23.7 Å². The van der Waals surface area contributed by atoms with Crippen molar-refractivity contribution >= 4 is 11.6 Å². The lowest BCUT2D eigenvalue weighted by Crippen LogP contribution is -2.50. The number of carbonyl (C=O) groups is 1. The standard InChI is InChI=1S/C22H26FN3O/c1-22(2)14-16-15-25(21(27)13-18-5-3-4-11-24-18)12-10-20(16)26(22)19-8-6-17(23)7-9-19/h3-9,11,16,20H,10,12-15H2,1-2H3/t16-,20+/m1/s1. The minimum absolute atomic E-state index is 0.00674. The number of likely N-dealkylation sites (tertiary alicyclic amines) is 1. The van der Waals surface area contributed by atoms with E-state index in [1.807, 2.05) is 35.2 Å². The topological polar surface area (TPSA) is 36.4 Å². The number of rotatable bonds is 3. The van der Waals surface area contributed by atoms with Gasteiger partial charge in [0.05, 0.1) is 6.42 Å². The summed E-state index contributed by atoms with van der Waals surface area (Å²) in [6, 6.07) is 12.9. The van der Waals surface area contributed by atoms with Crippen LogP contribution in [0, 0.1) is 11.7 Å². The van der Waals surface area contributed by atoms with E-state index in [0.717, 1.165) is 37.3 Å². The van der Waals surface area contributed by atoms with Crippen molar-refractivity contribution in [1.29, 1.82) is 0 Å².